The third kappa shape index (κ3) is 1.76. The number of benzene rings is 1. The Morgan fingerprint density at radius 2 is 1.91 bits per heavy atom. The molecule has 60 valence electrons. The smallest absolute Gasteiger partial charge is 0.205 e. The standard InChI is InChI=1S/C9H10F2/c1-2-7-5-3-4-6-8(7)9(10)11/h3-6,9H,2H2,1H3. The molecule has 0 fully saturated rings. The van der Waals surface area contributed by atoms with E-state index in [1.165, 1.54) is 6.07 Å². The second kappa shape index (κ2) is 3.46. The van der Waals surface area contributed by atoms with Gasteiger partial charge in [0.25, 0.3) is 6.43 Å². The fourth-order valence-corrected chi connectivity index (χ4v) is 1.07. The second-order valence-corrected chi connectivity index (χ2v) is 2.35. The molecule has 0 radical (unpaired) electrons. The van der Waals surface area contributed by atoms with Crippen molar-refractivity contribution in [3.63, 3.8) is 0 Å². The molecule has 0 amide bonds. The molecule has 1 aromatic carbocycles. The van der Waals surface area contributed by atoms with E-state index in [1.54, 1.807) is 18.2 Å². The normalized spacial score (nSPS) is 10.5. The minimum Gasteiger partial charge on any atom is -0.205 e. The van der Waals surface area contributed by atoms with Gasteiger partial charge in [-0.25, -0.2) is 8.78 Å². The molecule has 0 atom stereocenters. The summed E-state index contributed by atoms with van der Waals surface area (Å²) in [4.78, 5) is 0. The highest BCUT2D eigenvalue weighted by Gasteiger charge is 2.09. The van der Waals surface area contributed by atoms with Crippen molar-refractivity contribution in [2.75, 3.05) is 0 Å². The molecule has 0 N–H and O–H groups in total. The Labute approximate surface area is 64.9 Å². The van der Waals surface area contributed by atoms with E-state index >= 15 is 0 Å². The zero-order valence-electron chi connectivity index (χ0n) is 6.35. The van der Waals surface area contributed by atoms with Crippen LogP contribution in [0, 0.1) is 0 Å². The highest BCUT2D eigenvalue weighted by Crippen LogP contribution is 2.22. The van der Waals surface area contributed by atoms with Crippen molar-refractivity contribution in [2.45, 2.75) is 19.8 Å². The van der Waals surface area contributed by atoms with Crippen molar-refractivity contribution in [1.29, 1.82) is 0 Å². The zero-order valence-corrected chi connectivity index (χ0v) is 6.35. The van der Waals surface area contributed by atoms with Gasteiger partial charge in [0.15, 0.2) is 0 Å². The number of hydrogen-bond donors (Lipinski definition) is 0. The predicted molar refractivity (Wildman–Crippen MR) is 40.8 cm³/mol. The topological polar surface area (TPSA) is 0 Å². The first-order valence-electron chi connectivity index (χ1n) is 3.61. The molecule has 0 aliphatic rings. The van der Waals surface area contributed by atoms with Crippen LogP contribution in [0.3, 0.4) is 0 Å². The summed E-state index contributed by atoms with van der Waals surface area (Å²) < 4.78 is 24.4. The van der Waals surface area contributed by atoms with Gasteiger partial charge in [-0.3, -0.25) is 0 Å². The molecule has 0 nitrogen and oxygen atoms in total. The number of rotatable bonds is 2. The van der Waals surface area contributed by atoms with Crippen LogP contribution in [-0.2, 0) is 6.42 Å². The average molecular weight is 156 g/mol. The van der Waals surface area contributed by atoms with E-state index in [0.717, 1.165) is 5.56 Å². The molecular weight excluding hydrogens is 146 g/mol. The first-order chi connectivity index (χ1) is 5.25. The number of alkyl halides is 2. The Morgan fingerprint density at radius 3 is 2.36 bits per heavy atom. The lowest BCUT2D eigenvalue weighted by Crippen LogP contribution is -1.91. The maximum absolute atomic E-state index is 12.2. The molecule has 1 rings (SSSR count). The molecule has 0 spiro atoms. The van der Waals surface area contributed by atoms with Crippen molar-refractivity contribution < 1.29 is 8.78 Å². The Bertz CT molecular complexity index is 231. The fourth-order valence-electron chi connectivity index (χ4n) is 1.07. The van der Waals surface area contributed by atoms with Gasteiger partial charge in [-0.15, -0.1) is 0 Å². The first kappa shape index (κ1) is 8.18. The van der Waals surface area contributed by atoms with Crippen molar-refractivity contribution in [3.8, 4) is 0 Å². The summed E-state index contributed by atoms with van der Waals surface area (Å²) in [6, 6.07) is 6.64. The van der Waals surface area contributed by atoms with E-state index in [2.05, 4.69) is 0 Å². The number of hydrogen-bond acceptors (Lipinski definition) is 0. The molecule has 2 heteroatoms. The van der Waals surface area contributed by atoms with Gasteiger partial charge in [0, 0.05) is 5.56 Å². The molecule has 0 aliphatic carbocycles. The largest absolute Gasteiger partial charge is 0.264 e. The highest BCUT2D eigenvalue weighted by molar-refractivity contribution is 5.27. The maximum atomic E-state index is 12.2. The summed E-state index contributed by atoms with van der Waals surface area (Å²) in [5.41, 5.74) is 0.900. The van der Waals surface area contributed by atoms with Crippen LogP contribution in [0.4, 0.5) is 8.78 Å². The van der Waals surface area contributed by atoms with Crippen LogP contribution >= 0.6 is 0 Å². The molecule has 0 bridgehead atoms. The van der Waals surface area contributed by atoms with E-state index < -0.39 is 6.43 Å². The minimum absolute atomic E-state index is 0.162. The summed E-state index contributed by atoms with van der Waals surface area (Å²) in [6.07, 6.45) is -1.67. The van der Waals surface area contributed by atoms with Gasteiger partial charge in [-0.05, 0) is 12.0 Å². The summed E-state index contributed by atoms with van der Waals surface area (Å²) in [6.45, 7) is 1.88. The highest BCUT2D eigenvalue weighted by atomic mass is 19.3. The van der Waals surface area contributed by atoms with E-state index in [0.29, 0.717) is 6.42 Å². The van der Waals surface area contributed by atoms with Gasteiger partial charge >= 0.3 is 0 Å². The van der Waals surface area contributed by atoms with Crippen molar-refractivity contribution in [2.24, 2.45) is 0 Å². The SMILES string of the molecule is CCc1ccccc1C(F)F. The van der Waals surface area contributed by atoms with E-state index in [-0.39, 0.29) is 5.56 Å². The Morgan fingerprint density at radius 1 is 1.27 bits per heavy atom. The first-order valence-corrected chi connectivity index (χ1v) is 3.61. The molecule has 0 unspecified atom stereocenters. The van der Waals surface area contributed by atoms with Crippen LogP contribution in [0.25, 0.3) is 0 Å². The van der Waals surface area contributed by atoms with Crippen LogP contribution < -0.4 is 0 Å². The van der Waals surface area contributed by atoms with Gasteiger partial charge < -0.3 is 0 Å². The lowest BCUT2D eigenvalue weighted by atomic mass is 10.1. The monoisotopic (exact) mass is 156 g/mol. The summed E-state index contributed by atoms with van der Waals surface area (Å²) in [5, 5.41) is 0. The molecule has 0 aromatic heterocycles. The van der Waals surface area contributed by atoms with Gasteiger partial charge in [0.2, 0.25) is 0 Å². The van der Waals surface area contributed by atoms with Gasteiger partial charge in [-0.2, -0.15) is 0 Å². The van der Waals surface area contributed by atoms with Crippen LogP contribution in [0.5, 0.6) is 0 Å². The third-order valence-electron chi connectivity index (χ3n) is 1.67. The van der Waals surface area contributed by atoms with E-state index in [1.807, 2.05) is 6.92 Å². The van der Waals surface area contributed by atoms with Gasteiger partial charge in [-0.1, -0.05) is 31.2 Å². The summed E-state index contributed by atoms with van der Waals surface area (Å²) >= 11 is 0. The quantitative estimate of drug-likeness (QED) is 0.616. The Hall–Kier alpha value is -0.920. The molecule has 0 saturated carbocycles. The second-order valence-electron chi connectivity index (χ2n) is 2.35. The fraction of sp³-hybridized carbons (Fsp3) is 0.333. The number of halogens is 2. The maximum Gasteiger partial charge on any atom is 0.264 e. The molecule has 0 heterocycles. The lowest BCUT2D eigenvalue weighted by Gasteiger charge is -2.04. The zero-order chi connectivity index (χ0) is 8.27. The summed E-state index contributed by atoms with van der Waals surface area (Å²) in [5.74, 6) is 0. The molecule has 0 aliphatic heterocycles. The molecule has 0 saturated heterocycles. The van der Waals surface area contributed by atoms with Crippen molar-refractivity contribution in [1.82, 2.24) is 0 Å². The summed E-state index contributed by atoms with van der Waals surface area (Å²) in [7, 11) is 0. The van der Waals surface area contributed by atoms with Crippen LogP contribution in [-0.4, -0.2) is 0 Å². The number of aryl methyl sites for hydroxylation is 1. The van der Waals surface area contributed by atoms with Crippen LogP contribution in [0.15, 0.2) is 24.3 Å². The predicted octanol–water partition coefficient (Wildman–Crippen LogP) is 3.19. The van der Waals surface area contributed by atoms with E-state index in [4.69, 9.17) is 0 Å². The Kier molecular flexibility index (Phi) is 2.58. The average Bonchev–Trinajstić information content (AvgIpc) is 2.04. The lowest BCUT2D eigenvalue weighted by molar-refractivity contribution is 0.150. The van der Waals surface area contributed by atoms with Crippen LogP contribution in [0.1, 0.15) is 24.5 Å². The van der Waals surface area contributed by atoms with Gasteiger partial charge in [0.05, 0.1) is 0 Å². The van der Waals surface area contributed by atoms with Crippen LogP contribution in [0.2, 0.25) is 0 Å². The molecular formula is C9H10F2. The van der Waals surface area contributed by atoms with Crippen molar-refractivity contribution in [3.05, 3.63) is 35.4 Å². The van der Waals surface area contributed by atoms with Gasteiger partial charge in [0.1, 0.15) is 0 Å². The van der Waals surface area contributed by atoms with Crippen molar-refractivity contribution >= 4 is 0 Å². The van der Waals surface area contributed by atoms with E-state index in [9.17, 15) is 8.78 Å². The third-order valence-corrected chi connectivity index (χ3v) is 1.67. The molecule has 1 aromatic rings. The molecule has 11 heavy (non-hydrogen) atoms. The minimum atomic E-state index is -2.34. The Balaban J connectivity index is 3.02.